The van der Waals surface area contributed by atoms with Gasteiger partial charge in [0.05, 0.1) is 6.04 Å². The number of nitrogens with two attached hydrogens (primary N) is 2. The Morgan fingerprint density at radius 2 is 2.20 bits per heavy atom. The molecule has 4 heteroatoms. The van der Waals surface area contributed by atoms with Crippen LogP contribution in [0.1, 0.15) is 20.3 Å². The predicted molar refractivity (Wildman–Crippen MR) is 39.8 cm³/mol. The van der Waals surface area contributed by atoms with E-state index in [1.807, 2.05) is 19.3 Å². The molecule has 1 unspecified atom stereocenters. The first-order chi connectivity index (χ1) is 4.63. The summed E-state index contributed by atoms with van der Waals surface area (Å²) in [6.45, 7) is 3.90. The fourth-order valence-electron chi connectivity index (χ4n) is 0.609. The highest BCUT2D eigenvalue weighted by Gasteiger charge is 2.17. The largest absolute Gasteiger partial charge is 0.320 e. The topological polar surface area (TPSA) is 81.1 Å². The Labute approximate surface area is 60.9 Å². The van der Waals surface area contributed by atoms with Crippen LogP contribution in [0, 0.1) is 5.92 Å². The van der Waals surface area contributed by atoms with Crippen molar-refractivity contribution >= 4 is 5.91 Å². The number of carbonyl (C=O) groups excluding carboxylic acids is 1. The van der Waals surface area contributed by atoms with Gasteiger partial charge in [0.15, 0.2) is 0 Å². The second-order valence-electron chi connectivity index (χ2n) is 2.42. The molecule has 0 aromatic carbocycles. The van der Waals surface area contributed by atoms with E-state index in [-0.39, 0.29) is 11.8 Å². The van der Waals surface area contributed by atoms with Crippen LogP contribution in [-0.2, 0) is 4.79 Å². The Balaban J connectivity index is 3.81. The van der Waals surface area contributed by atoms with Gasteiger partial charge < -0.3 is 5.73 Å². The second-order valence-corrected chi connectivity index (χ2v) is 2.42. The Bertz CT molecular complexity index is 116. The molecule has 5 N–H and O–H groups in total. The molecule has 10 heavy (non-hydrogen) atoms. The van der Waals surface area contributed by atoms with Gasteiger partial charge in [-0.25, -0.2) is 5.84 Å². The summed E-state index contributed by atoms with van der Waals surface area (Å²) in [4.78, 5) is 10.8. The van der Waals surface area contributed by atoms with Crippen molar-refractivity contribution in [2.24, 2.45) is 17.5 Å². The molecule has 0 rings (SSSR count). The molecule has 4 nitrogen and oxygen atoms in total. The van der Waals surface area contributed by atoms with Crippen molar-refractivity contribution in [3.8, 4) is 0 Å². The molecule has 0 aliphatic carbocycles. The van der Waals surface area contributed by atoms with Gasteiger partial charge in [-0.05, 0) is 5.92 Å². The summed E-state index contributed by atoms with van der Waals surface area (Å²) in [7, 11) is 0. The summed E-state index contributed by atoms with van der Waals surface area (Å²) < 4.78 is 0. The zero-order valence-corrected chi connectivity index (χ0v) is 6.42. The van der Waals surface area contributed by atoms with E-state index < -0.39 is 6.04 Å². The zero-order chi connectivity index (χ0) is 8.15. The first-order valence-corrected chi connectivity index (χ1v) is 3.39. The maximum absolute atomic E-state index is 10.8. The third-order valence-electron chi connectivity index (χ3n) is 1.70. The highest BCUT2D eigenvalue weighted by Crippen LogP contribution is 2.04. The molecular formula is C6H15N3O. The maximum Gasteiger partial charge on any atom is 0.251 e. The van der Waals surface area contributed by atoms with Crippen molar-refractivity contribution < 1.29 is 4.79 Å². The molecule has 0 fully saturated rings. The van der Waals surface area contributed by atoms with Crippen LogP contribution in [0.3, 0.4) is 0 Å². The molecule has 60 valence electrons. The van der Waals surface area contributed by atoms with Crippen LogP contribution in [0.2, 0.25) is 0 Å². The van der Waals surface area contributed by atoms with Crippen molar-refractivity contribution in [2.75, 3.05) is 0 Å². The van der Waals surface area contributed by atoms with Gasteiger partial charge in [0.1, 0.15) is 0 Å². The first kappa shape index (κ1) is 9.39. The molecule has 0 aromatic rings. The van der Waals surface area contributed by atoms with Crippen molar-refractivity contribution in [1.29, 1.82) is 0 Å². The summed E-state index contributed by atoms with van der Waals surface area (Å²) in [5, 5.41) is 0. The molecule has 0 saturated carbocycles. The van der Waals surface area contributed by atoms with Crippen molar-refractivity contribution in [2.45, 2.75) is 26.3 Å². The van der Waals surface area contributed by atoms with Gasteiger partial charge in [0.25, 0.3) is 5.91 Å². The highest BCUT2D eigenvalue weighted by atomic mass is 16.2. The summed E-state index contributed by atoms with van der Waals surface area (Å²) in [6.07, 6.45) is 0.884. The molecule has 0 aliphatic heterocycles. The van der Waals surface area contributed by atoms with Gasteiger partial charge in [0, 0.05) is 0 Å². The van der Waals surface area contributed by atoms with E-state index in [1.54, 1.807) is 0 Å². The van der Waals surface area contributed by atoms with Crippen LogP contribution in [0.5, 0.6) is 0 Å². The van der Waals surface area contributed by atoms with E-state index in [9.17, 15) is 4.79 Å². The number of amides is 1. The lowest BCUT2D eigenvalue weighted by Gasteiger charge is -2.15. The average molecular weight is 145 g/mol. The normalized spacial score (nSPS) is 16.0. The van der Waals surface area contributed by atoms with E-state index >= 15 is 0 Å². The number of rotatable bonds is 3. The van der Waals surface area contributed by atoms with Crippen molar-refractivity contribution in [1.82, 2.24) is 5.43 Å². The predicted octanol–water partition coefficient (Wildman–Crippen LogP) is -0.650. The number of hydrogen-bond acceptors (Lipinski definition) is 3. The Kier molecular flexibility index (Phi) is 3.99. The molecular weight excluding hydrogens is 130 g/mol. The summed E-state index contributed by atoms with van der Waals surface area (Å²) in [5.41, 5.74) is 7.51. The first-order valence-electron chi connectivity index (χ1n) is 3.39. The summed E-state index contributed by atoms with van der Waals surface area (Å²) in [6, 6.07) is -0.477. The van der Waals surface area contributed by atoms with Crippen LogP contribution in [0.25, 0.3) is 0 Å². The van der Waals surface area contributed by atoms with Crippen LogP contribution in [0.15, 0.2) is 0 Å². The van der Waals surface area contributed by atoms with Crippen LogP contribution in [0.4, 0.5) is 0 Å². The van der Waals surface area contributed by atoms with Gasteiger partial charge in [0.2, 0.25) is 0 Å². The zero-order valence-electron chi connectivity index (χ0n) is 6.42. The van der Waals surface area contributed by atoms with Gasteiger partial charge in [-0.1, -0.05) is 20.3 Å². The Hall–Kier alpha value is -0.610. The molecule has 0 heterocycles. The van der Waals surface area contributed by atoms with E-state index in [0.29, 0.717) is 0 Å². The minimum atomic E-state index is -0.477. The monoisotopic (exact) mass is 145 g/mol. The fraction of sp³-hybridized carbons (Fsp3) is 0.833. The molecule has 1 amide bonds. The lowest BCUT2D eigenvalue weighted by Crippen LogP contribution is -2.47. The Morgan fingerprint density at radius 3 is 2.50 bits per heavy atom. The van der Waals surface area contributed by atoms with E-state index in [1.165, 1.54) is 0 Å². The molecule has 0 aliphatic rings. The van der Waals surface area contributed by atoms with Crippen LogP contribution in [-0.4, -0.2) is 11.9 Å². The maximum atomic E-state index is 10.8. The van der Waals surface area contributed by atoms with E-state index in [0.717, 1.165) is 6.42 Å². The van der Waals surface area contributed by atoms with E-state index in [4.69, 9.17) is 11.6 Å². The SMILES string of the molecule is CCC(C)[C@H](N)C(=O)NN. The molecule has 0 radical (unpaired) electrons. The van der Waals surface area contributed by atoms with Crippen molar-refractivity contribution in [3.05, 3.63) is 0 Å². The van der Waals surface area contributed by atoms with Crippen LogP contribution >= 0.6 is 0 Å². The van der Waals surface area contributed by atoms with E-state index in [2.05, 4.69) is 0 Å². The summed E-state index contributed by atoms with van der Waals surface area (Å²) in [5.74, 6) is 4.77. The Morgan fingerprint density at radius 1 is 1.70 bits per heavy atom. The molecule has 0 spiro atoms. The number of hydrogen-bond donors (Lipinski definition) is 3. The number of nitrogens with one attached hydrogen (secondary N) is 1. The third-order valence-corrected chi connectivity index (χ3v) is 1.70. The van der Waals surface area contributed by atoms with Gasteiger partial charge in [-0.3, -0.25) is 10.2 Å². The van der Waals surface area contributed by atoms with Gasteiger partial charge in [-0.2, -0.15) is 0 Å². The second kappa shape index (κ2) is 4.24. The molecule has 0 bridgehead atoms. The smallest absolute Gasteiger partial charge is 0.251 e. The molecule has 0 aromatic heterocycles. The lowest BCUT2D eigenvalue weighted by atomic mass is 10.00. The van der Waals surface area contributed by atoms with Gasteiger partial charge in [-0.15, -0.1) is 0 Å². The standard InChI is InChI=1S/C6H15N3O/c1-3-4(2)5(7)6(10)9-8/h4-5H,3,7-8H2,1-2H3,(H,9,10)/t4?,5-/m0/s1. The minimum absolute atomic E-state index is 0.184. The average Bonchev–Trinajstić information content (AvgIpc) is 2.00. The van der Waals surface area contributed by atoms with Gasteiger partial charge >= 0.3 is 0 Å². The molecule has 2 atom stereocenters. The highest BCUT2D eigenvalue weighted by molar-refractivity contribution is 5.81. The third kappa shape index (κ3) is 2.33. The summed E-state index contributed by atoms with van der Waals surface area (Å²) >= 11 is 0. The lowest BCUT2D eigenvalue weighted by molar-refractivity contribution is -0.123. The number of carbonyl (C=O) groups is 1. The van der Waals surface area contributed by atoms with Crippen LogP contribution < -0.4 is 17.0 Å². The number of hydrazine groups is 1. The molecule has 0 saturated heterocycles. The van der Waals surface area contributed by atoms with Crippen molar-refractivity contribution in [3.63, 3.8) is 0 Å². The quantitative estimate of drug-likeness (QED) is 0.280. The fourth-order valence-corrected chi connectivity index (χ4v) is 0.609. The minimum Gasteiger partial charge on any atom is -0.320 e.